The first kappa shape index (κ1) is 13.0. The van der Waals surface area contributed by atoms with Gasteiger partial charge in [-0.3, -0.25) is 0 Å². The summed E-state index contributed by atoms with van der Waals surface area (Å²) in [5.74, 6) is 1.54. The molecular formula is C14H23NO. The van der Waals surface area contributed by atoms with Crippen molar-refractivity contribution in [3.63, 3.8) is 0 Å². The molecule has 1 aromatic carbocycles. The van der Waals surface area contributed by atoms with Crippen LogP contribution in [0.5, 0.6) is 5.75 Å². The van der Waals surface area contributed by atoms with Crippen molar-refractivity contribution in [3.05, 3.63) is 29.8 Å². The lowest BCUT2D eigenvalue weighted by molar-refractivity contribution is 0.314. The second kappa shape index (κ2) is 7.29. The van der Waals surface area contributed by atoms with E-state index in [-0.39, 0.29) is 0 Å². The van der Waals surface area contributed by atoms with Crippen molar-refractivity contribution in [2.24, 2.45) is 0 Å². The number of hydrogen-bond acceptors (Lipinski definition) is 2. The van der Waals surface area contributed by atoms with E-state index in [4.69, 9.17) is 4.74 Å². The number of ether oxygens (including phenoxy) is 1. The van der Waals surface area contributed by atoms with Gasteiger partial charge in [0.1, 0.15) is 12.4 Å². The molecule has 1 N–H and O–H groups in total. The smallest absolute Gasteiger partial charge is 0.119 e. The molecule has 16 heavy (non-hydrogen) atoms. The predicted molar refractivity (Wildman–Crippen MR) is 69.2 cm³/mol. The normalized spacial score (nSPS) is 10.8. The molecule has 0 heterocycles. The van der Waals surface area contributed by atoms with Crippen LogP contribution in [-0.2, 0) is 0 Å². The number of hydrogen-bond donors (Lipinski definition) is 1. The van der Waals surface area contributed by atoms with Gasteiger partial charge in [-0.15, -0.1) is 0 Å². The lowest BCUT2D eigenvalue weighted by Crippen LogP contribution is -2.21. The Bertz CT molecular complexity index is 279. The highest BCUT2D eigenvalue weighted by Gasteiger charge is 1.98. The zero-order chi connectivity index (χ0) is 11.8. The average Bonchev–Trinajstić information content (AvgIpc) is 2.29. The van der Waals surface area contributed by atoms with Gasteiger partial charge in [0.05, 0.1) is 0 Å². The summed E-state index contributed by atoms with van der Waals surface area (Å²) in [5, 5.41) is 3.31. The molecule has 0 unspecified atom stereocenters. The lowest BCUT2D eigenvalue weighted by Gasteiger charge is -2.09. The summed E-state index contributed by atoms with van der Waals surface area (Å²) in [5.41, 5.74) is 1.36. The Morgan fingerprint density at radius 3 is 2.38 bits per heavy atom. The second-order valence-corrected chi connectivity index (χ2v) is 4.32. The number of nitrogens with one attached hydrogen (secondary N) is 1. The molecule has 0 spiro atoms. The minimum Gasteiger partial charge on any atom is -0.492 e. The zero-order valence-corrected chi connectivity index (χ0v) is 10.6. The van der Waals surface area contributed by atoms with Gasteiger partial charge in [0, 0.05) is 6.54 Å². The summed E-state index contributed by atoms with van der Waals surface area (Å²) in [6.45, 7) is 9.28. The van der Waals surface area contributed by atoms with E-state index < -0.39 is 0 Å². The highest BCUT2D eigenvalue weighted by molar-refractivity contribution is 5.28. The van der Waals surface area contributed by atoms with Crippen LogP contribution in [0.4, 0.5) is 0 Å². The van der Waals surface area contributed by atoms with Crippen LogP contribution >= 0.6 is 0 Å². The zero-order valence-electron chi connectivity index (χ0n) is 10.6. The summed E-state index contributed by atoms with van der Waals surface area (Å²) in [6.07, 6.45) is 1.17. The van der Waals surface area contributed by atoms with E-state index in [0.29, 0.717) is 5.92 Å². The van der Waals surface area contributed by atoms with Crippen molar-refractivity contribution in [1.82, 2.24) is 5.32 Å². The van der Waals surface area contributed by atoms with Crippen LogP contribution in [0.25, 0.3) is 0 Å². The summed E-state index contributed by atoms with van der Waals surface area (Å²) >= 11 is 0. The van der Waals surface area contributed by atoms with Gasteiger partial charge in [0.2, 0.25) is 0 Å². The SMILES string of the molecule is CCCNCCOc1ccc(C(C)C)cc1. The van der Waals surface area contributed by atoms with Crippen LogP contribution in [0.1, 0.15) is 38.7 Å². The van der Waals surface area contributed by atoms with Crippen LogP contribution in [0.15, 0.2) is 24.3 Å². The van der Waals surface area contributed by atoms with Crippen molar-refractivity contribution in [3.8, 4) is 5.75 Å². The highest BCUT2D eigenvalue weighted by Crippen LogP contribution is 2.18. The fourth-order valence-corrected chi connectivity index (χ4v) is 1.49. The van der Waals surface area contributed by atoms with E-state index in [2.05, 4.69) is 50.4 Å². The Morgan fingerprint density at radius 1 is 1.12 bits per heavy atom. The summed E-state index contributed by atoms with van der Waals surface area (Å²) in [6, 6.07) is 8.38. The molecule has 0 saturated heterocycles. The minimum absolute atomic E-state index is 0.584. The van der Waals surface area contributed by atoms with Crippen LogP contribution in [-0.4, -0.2) is 19.7 Å². The second-order valence-electron chi connectivity index (χ2n) is 4.32. The van der Waals surface area contributed by atoms with E-state index in [1.165, 1.54) is 12.0 Å². The predicted octanol–water partition coefficient (Wildman–Crippen LogP) is 3.19. The van der Waals surface area contributed by atoms with Crippen molar-refractivity contribution < 1.29 is 4.74 Å². The molecule has 1 rings (SSSR count). The minimum atomic E-state index is 0.584. The molecule has 0 saturated carbocycles. The van der Waals surface area contributed by atoms with E-state index in [9.17, 15) is 0 Å². The van der Waals surface area contributed by atoms with Crippen LogP contribution in [0.3, 0.4) is 0 Å². The first-order valence-electron chi connectivity index (χ1n) is 6.17. The van der Waals surface area contributed by atoms with Crippen molar-refractivity contribution in [2.75, 3.05) is 19.7 Å². The molecule has 1 aromatic rings. The Morgan fingerprint density at radius 2 is 1.81 bits per heavy atom. The molecule has 2 heteroatoms. The Labute approximate surface area is 99.0 Å². The van der Waals surface area contributed by atoms with Gasteiger partial charge < -0.3 is 10.1 Å². The van der Waals surface area contributed by atoms with Crippen molar-refractivity contribution in [2.45, 2.75) is 33.1 Å². The Hall–Kier alpha value is -1.02. The third-order valence-electron chi connectivity index (χ3n) is 2.52. The molecule has 0 atom stereocenters. The Balaban J connectivity index is 2.27. The third kappa shape index (κ3) is 4.67. The largest absolute Gasteiger partial charge is 0.492 e. The van der Waals surface area contributed by atoms with Gasteiger partial charge in [0.15, 0.2) is 0 Å². The molecule has 0 amide bonds. The van der Waals surface area contributed by atoms with Gasteiger partial charge in [-0.1, -0.05) is 32.9 Å². The molecular weight excluding hydrogens is 198 g/mol. The maximum Gasteiger partial charge on any atom is 0.119 e. The van der Waals surface area contributed by atoms with Crippen molar-refractivity contribution >= 4 is 0 Å². The molecule has 0 aliphatic rings. The monoisotopic (exact) mass is 221 g/mol. The molecule has 0 radical (unpaired) electrons. The average molecular weight is 221 g/mol. The molecule has 0 aliphatic heterocycles. The fourth-order valence-electron chi connectivity index (χ4n) is 1.49. The lowest BCUT2D eigenvalue weighted by atomic mass is 10.0. The summed E-state index contributed by atoms with van der Waals surface area (Å²) in [7, 11) is 0. The molecule has 90 valence electrons. The van der Waals surface area contributed by atoms with Crippen molar-refractivity contribution in [1.29, 1.82) is 0 Å². The molecule has 0 bridgehead atoms. The van der Waals surface area contributed by atoms with Crippen LogP contribution in [0.2, 0.25) is 0 Å². The van der Waals surface area contributed by atoms with Gasteiger partial charge in [0.25, 0.3) is 0 Å². The molecule has 0 aliphatic carbocycles. The fraction of sp³-hybridized carbons (Fsp3) is 0.571. The maximum absolute atomic E-state index is 5.62. The van der Waals surface area contributed by atoms with E-state index in [1.807, 2.05) is 0 Å². The third-order valence-corrected chi connectivity index (χ3v) is 2.52. The standard InChI is InChI=1S/C14H23NO/c1-4-9-15-10-11-16-14-7-5-13(6-8-14)12(2)3/h5-8,12,15H,4,9-11H2,1-3H3. The van der Waals surface area contributed by atoms with Crippen LogP contribution in [0, 0.1) is 0 Å². The van der Waals surface area contributed by atoms with E-state index >= 15 is 0 Å². The van der Waals surface area contributed by atoms with Gasteiger partial charge in [-0.25, -0.2) is 0 Å². The van der Waals surface area contributed by atoms with Gasteiger partial charge in [-0.2, -0.15) is 0 Å². The van der Waals surface area contributed by atoms with Gasteiger partial charge in [-0.05, 0) is 36.6 Å². The first-order valence-corrected chi connectivity index (χ1v) is 6.17. The van der Waals surface area contributed by atoms with E-state index in [1.54, 1.807) is 0 Å². The molecule has 2 nitrogen and oxygen atoms in total. The Kier molecular flexibility index (Phi) is 5.94. The quantitative estimate of drug-likeness (QED) is 0.714. The number of benzene rings is 1. The molecule has 0 fully saturated rings. The topological polar surface area (TPSA) is 21.3 Å². The molecule has 0 aromatic heterocycles. The number of rotatable bonds is 7. The summed E-state index contributed by atoms with van der Waals surface area (Å²) in [4.78, 5) is 0. The highest BCUT2D eigenvalue weighted by atomic mass is 16.5. The van der Waals surface area contributed by atoms with E-state index in [0.717, 1.165) is 25.4 Å². The van der Waals surface area contributed by atoms with Crippen LogP contribution < -0.4 is 10.1 Å². The van der Waals surface area contributed by atoms with Gasteiger partial charge >= 0.3 is 0 Å². The first-order chi connectivity index (χ1) is 7.74. The maximum atomic E-state index is 5.62. The summed E-state index contributed by atoms with van der Waals surface area (Å²) < 4.78 is 5.62.